The van der Waals surface area contributed by atoms with Crippen LogP contribution in [0.3, 0.4) is 0 Å². The van der Waals surface area contributed by atoms with E-state index in [2.05, 4.69) is 10.2 Å². The lowest BCUT2D eigenvalue weighted by molar-refractivity contribution is -0.140. The molecule has 0 fully saturated rings. The van der Waals surface area contributed by atoms with Crippen molar-refractivity contribution in [2.45, 2.75) is 45.1 Å². The Balaban J connectivity index is 2.50. The largest absolute Gasteiger partial charge is 0.480 e. The van der Waals surface area contributed by atoms with Crippen molar-refractivity contribution in [3.8, 4) is 0 Å². The summed E-state index contributed by atoms with van der Waals surface area (Å²) in [6.07, 6.45) is 1.34. The Morgan fingerprint density at radius 3 is 2.67 bits per heavy atom. The fraction of sp³-hybridized carbons (Fsp3) is 0.700. The highest BCUT2D eigenvalue weighted by atomic mass is 16.4. The topological polar surface area (TPSA) is 68.0 Å². The van der Waals surface area contributed by atoms with Gasteiger partial charge in [-0.1, -0.05) is 20.8 Å². The summed E-state index contributed by atoms with van der Waals surface area (Å²) in [7, 11) is 0. The molecule has 2 heterocycles. The van der Waals surface area contributed by atoms with E-state index < -0.39 is 12.0 Å². The van der Waals surface area contributed by atoms with E-state index in [9.17, 15) is 4.79 Å². The van der Waals surface area contributed by atoms with Crippen molar-refractivity contribution in [1.82, 2.24) is 14.8 Å². The zero-order valence-corrected chi connectivity index (χ0v) is 9.19. The maximum absolute atomic E-state index is 11.1. The van der Waals surface area contributed by atoms with Crippen molar-refractivity contribution in [3.05, 3.63) is 11.6 Å². The van der Waals surface area contributed by atoms with Gasteiger partial charge in [0.15, 0.2) is 0 Å². The van der Waals surface area contributed by atoms with Gasteiger partial charge in [-0.25, -0.2) is 4.79 Å². The average molecular weight is 209 g/mol. The second kappa shape index (κ2) is 3.05. The number of carboxylic acids is 1. The van der Waals surface area contributed by atoms with Crippen molar-refractivity contribution in [2.75, 3.05) is 0 Å². The summed E-state index contributed by atoms with van der Waals surface area (Å²) in [5, 5.41) is 17.2. The zero-order valence-electron chi connectivity index (χ0n) is 9.19. The molecule has 1 aliphatic heterocycles. The highest BCUT2D eigenvalue weighted by Crippen LogP contribution is 2.31. The third-order valence-corrected chi connectivity index (χ3v) is 2.68. The van der Waals surface area contributed by atoms with Gasteiger partial charge in [-0.3, -0.25) is 0 Å². The van der Waals surface area contributed by atoms with Crippen LogP contribution in [0.2, 0.25) is 0 Å². The number of aromatic nitrogens is 3. The van der Waals surface area contributed by atoms with E-state index in [1.54, 1.807) is 4.57 Å². The first-order valence-corrected chi connectivity index (χ1v) is 5.08. The summed E-state index contributed by atoms with van der Waals surface area (Å²) >= 11 is 0. The van der Waals surface area contributed by atoms with Crippen LogP contribution in [-0.2, 0) is 16.6 Å². The minimum atomic E-state index is -0.793. The molecule has 1 atom stereocenters. The Hall–Kier alpha value is -1.39. The summed E-state index contributed by atoms with van der Waals surface area (Å²) < 4.78 is 1.78. The Kier molecular flexibility index (Phi) is 2.06. The maximum atomic E-state index is 11.1. The lowest BCUT2D eigenvalue weighted by Crippen LogP contribution is -2.24. The molecule has 0 amide bonds. The van der Waals surface area contributed by atoms with Crippen LogP contribution in [0.5, 0.6) is 0 Å². The first-order chi connectivity index (χ1) is 6.91. The van der Waals surface area contributed by atoms with Crippen molar-refractivity contribution >= 4 is 5.97 Å². The first kappa shape index (κ1) is 10.1. The molecule has 1 aromatic rings. The Bertz CT molecular complexity index is 403. The zero-order chi connectivity index (χ0) is 11.2. The standard InChI is InChI=1S/C10H15N3O2/c1-10(2,3)9-12-11-7-5-4-6(8(14)15)13(7)9/h6H,4-5H2,1-3H3,(H,14,15). The second-order valence-corrected chi connectivity index (χ2v) is 4.95. The van der Waals surface area contributed by atoms with Crippen molar-refractivity contribution in [2.24, 2.45) is 0 Å². The molecular formula is C10H15N3O2. The molecule has 5 heteroatoms. The Labute approximate surface area is 88.1 Å². The monoisotopic (exact) mass is 209 g/mol. The third kappa shape index (κ3) is 1.52. The van der Waals surface area contributed by atoms with E-state index in [1.807, 2.05) is 20.8 Å². The molecule has 1 aliphatic rings. The number of fused-ring (bicyclic) bond motifs is 1. The molecule has 5 nitrogen and oxygen atoms in total. The Morgan fingerprint density at radius 2 is 2.13 bits per heavy atom. The van der Waals surface area contributed by atoms with Gasteiger partial charge in [0.1, 0.15) is 17.7 Å². The van der Waals surface area contributed by atoms with Crippen molar-refractivity contribution in [1.29, 1.82) is 0 Å². The number of carboxylic acid groups (broad SMARTS) is 1. The van der Waals surface area contributed by atoms with E-state index >= 15 is 0 Å². The fourth-order valence-electron chi connectivity index (χ4n) is 1.96. The molecule has 2 rings (SSSR count). The number of carbonyl (C=O) groups is 1. The maximum Gasteiger partial charge on any atom is 0.326 e. The van der Waals surface area contributed by atoms with Gasteiger partial charge in [0, 0.05) is 11.8 Å². The molecule has 0 spiro atoms. The molecule has 0 aliphatic carbocycles. The van der Waals surface area contributed by atoms with Crippen LogP contribution in [-0.4, -0.2) is 25.8 Å². The summed E-state index contributed by atoms with van der Waals surface area (Å²) in [6, 6.07) is -0.482. The molecule has 0 aromatic carbocycles. The van der Waals surface area contributed by atoms with E-state index in [4.69, 9.17) is 5.11 Å². The normalized spacial score (nSPS) is 20.3. The number of hydrogen-bond acceptors (Lipinski definition) is 3. The molecule has 15 heavy (non-hydrogen) atoms. The summed E-state index contributed by atoms with van der Waals surface area (Å²) in [6.45, 7) is 6.05. The molecule has 0 saturated carbocycles. The van der Waals surface area contributed by atoms with Gasteiger partial charge in [-0.15, -0.1) is 10.2 Å². The van der Waals surface area contributed by atoms with Crippen LogP contribution >= 0.6 is 0 Å². The molecule has 1 aromatic heterocycles. The van der Waals surface area contributed by atoms with Gasteiger partial charge in [-0.05, 0) is 6.42 Å². The lowest BCUT2D eigenvalue weighted by atomic mass is 9.95. The van der Waals surface area contributed by atoms with Crippen LogP contribution in [0.25, 0.3) is 0 Å². The number of aryl methyl sites for hydroxylation is 1. The quantitative estimate of drug-likeness (QED) is 0.753. The molecule has 0 saturated heterocycles. The van der Waals surface area contributed by atoms with Crippen molar-refractivity contribution < 1.29 is 9.90 Å². The van der Waals surface area contributed by atoms with Crippen LogP contribution in [0, 0.1) is 0 Å². The van der Waals surface area contributed by atoms with Gasteiger partial charge < -0.3 is 9.67 Å². The molecule has 0 radical (unpaired) electrons. The van der Waals surface area contributed by atoms with Crippen LogP contribution in [0.4, 0.5) is 0 Å². The second-order valence-electron chi connectivity index (χ2n) is 4.95. The number of rotatable bonds is 1. The van der Waals surface area contributed by atoms with E-state index in [-0.39, 0.29) is 5.41 Å². The first-order valence-electron chi connectivity index (χ1n) is 5.08. The highest BCUT2D eigenvalue weighted by molar-refractivity contribution is 5.72. The molecule has 82 valence electrons. The molecular weight excluding hydrogens is 194 g/mol. The van der Waals surface area contributed by atoms with Crippen LogP contribution in [0.15, 0.2) is 0 Å². The van der Waals surface area contributed by atoms with Crippen LogP contribution < -0.4 is 0 Å². The summed E-state index contributed by atoms with van der Waals surface area (Å²) in [5.41, 5.74) is -0.163. The van der Waals surface area contributed by atoms with Gasteiger partial charge in [0.05, 0.1) is 0 Å². The highest BCUT2D eigenvalue weighted by Gasteiger charge is 2.35. The molecule has 1 N–H and O–H groups in total. The minimum absolute atomic E-state index is 0.163. The van der Waals surface area contributed by atoms with Gasteiger partial charge in [0.2, 0.25) is 0 Å². The van der Waals surface area contributed by atoms with Crippen molar-refractivity contribution in [3.63, 3.8) is 0 Å². The number of nitrogens with zero attached hydrogens (tertiary/aromatic N) is 3. The third-order valence-electron chi connectivity index (χ3n) is 2.68. The number of aliphatic carboxylic acids is 1. The summed E-state index contributed by atoms with van der Waals surface area (Å²) in [4.78, 5) is 11.1. The predicted molar refractivity (Wildman–Crippen MR) is 53.7 cm³/mol. The van der Waals surface area contributed by atoms with E-state index in [0.29, 0.717) is 12.8 Å². The SMILES string of the molecule is CC(C)(C)c1nnc2n1C(C(=O)O)CC2. The Morgan fingerprint density at radius 1 is 1.47 bits per heavy atom. The summed E-state index contributed by atoms with van der Waals surface area (Å²) in [5.74, 6) is 0.772. The van der Waals surface area contributed by atoms with Gasteiger partial charge >= 0.3 is 5.97 Å². The predicted octanol–water partition coefficient (Wildman–Crippen LogP) is 1.15. The van der Waals surface area contributed by atoms with Crippen LogP contribution in [0.1, 0.15) is 44.9 Å². The van der Waals surface area contributed by atoms with E-state index in [0.717, 1.165) is 11.6 Å². The average Bonchev–Trinajstić information content (AvgIpc) is 2.57. The molecule has 1 unspecified atom stereocenters. The number of hydrogen-bond donors (Lipinski definition) is 1. The van der Waals surface area contributed by atoms with E-state index in [1.165, 1.54) is 0 Å². The molecule has 0 bridgehead atoms. The van der Waals surface area contributed by atoms with Gasteiger partial charge in [0.25, 0.3) is 0 Å². The smallest absolute Gasteiger partial charge is 0.326 e. The minimum Gasteiger partial charge on any atom is -0.480 e. The van der Waals surface area contributed by atoms with Gasteiger partial charge in [-0.2, -0.15) is 0 Å². The fourth-order valence-corrected chi connectivity index (χ4v) is 1.96. The lowest BCUT2D eigenvalue weighted by Gasteiger charge is -2.20.